The summed E-state index contributed by atoms with van der Waals surface area (Å²) in [6, 6.07) is 23.5. The fourth-order valence-electron chi connectivity index (χ4n) is 3.65. The van der Waals surface area contributed by atoms with Gasteiger partial charge in [-0.15, -0.1) is 0 Å². The van der Waals surface area contributed by atoms with E-state index >= 15 is 0 Å². The third-order valence-electron chi connectivity index (χ3n) is 5.13. The van der Waals surface area contributed by atoms with Gasteiger partial charge in [-0.25, -0.2) is 0 Å². The average Bonchev–Trinajstić information content (AvgIpc) is 3.23. The van der Waals surface area contributed by atoms with Gasteiger partial charge in [0.2, 0.25) is 0 Å². The Morgan fingerprint density at radius 1 is 0.871 bits per heavy atom. The topological polar surface area (TPSA) is 111 Å². The van der Waals surface area contributed by atoms with Crippen molar-refractivity contribution in [3.63, 3.8) is 0 Å². The smallest absolute Gasteiger partial charge is 0.271 e. The number of anilines is 1. The number of allylic oxidation sites excluding steroid dienone is 2. The lowest BCUT2D eigenvalue weighted by molar-refractivity contribution is -0.393. The van der Waals surface area contributed by atoms with Crippen LogP contribution in [0.5, 0.6) is 0 Å². The van der Waals surface area contributed by atoms with Crippen LogP contribution in [0.3, 0.4) is 0 Å². The third kappa shape index (κ3) is 4.32. The molecule has 31 heavy (non-hydrogen) atoms. The zero-order valence-electron chi connectivity index (χ0n) is 16.3. The molecule has 0 bridgehead atoms. The van der Waals surface area contributed by atoms with Gasteiger partial charge in [-0.3, -0.25) is 25.7 Å². The van der Waals surface area contributed by atoms with Crippen molar-refractivity contribution in [2.45, 2.75) is 12.3 Å². The molecule has 1 aliphatic carbocycles. The largest absolute Gasteiger partial charge is 0.301 e. The van der Waals surface area contributed by atoms with Crippen LogP contribution < -0.4 is 5.43 Å². The quantitative estimate of drug-likeness (QED) is 0.420. The molecular weight excluding hydrogens is 396 g/mol. The van der Waals surface area contributed by atoms with Crippen LogP contribution in [0.2, 0.25) is 0 Å². The molecule has 4 rings (SSSR count). The van der Waals surface area contributed by atoms with Gasteiger partial charge in [0.15, 0.2) is 0 Å². The van der Waals surface area contributed by atoms with Crippen LogP contribution in [-0.4, -0.2) is 15.6 Å². The van der Waals surface area contributed by atoms with Crippen molar-refractivity contribution in [1.82, 2.24) is 0 Å². The van der Waals surface area contributed by atoms with Crippen molar-refractivity contribution >= 4 is 28.3 Å². The first-order valence-corrected chi connectivity index (χ1v) is 9.60. The first kappa shape index (κ1) is 20.0. The lowest BCUT2D eigenvalue weighted by Crippen LogP contribution is -2.02. The number of hydrazone groups is 1. The average molecular weight is 414 g/mol. The van der Waals surface area contributed by atoms with Crippen molar-refractivity contribution in [2.24, 2.45) is 5.10 Å². The number of nitrogens with zero attached hydrogens (tertiary/aromatic N) is 3. The third-order valence-corrected chi connectivity index (χ3v) is 5.13. The Labute approximate surface area is 177 Å². The Morgan fingerprint density at radius 2 is 1.55 bits per heavy atom. The predicted octanol–water partition coefficient (Wildman–Crippen LogP) is 5.54. The summed E-state index contributed by atoms with van der Waals surface area (Å²) in [6.07, 6.45) is 2.61. The second-order valence-corrected chi connectivity index (χ2v) is 7.06. The molecule has 0 heterocycles. The summed E-state index contributed by atoms with van der Waals surface area (Å²) in [6.45, 7) is 0. The highest BCUT2D eigenvalue weighted by molar-refractivity contribution is 6.08. The second kappa shape index (κ2) is 8.58. The Hall–Kier alpha value is -4.33. The zero-order chi connectivity index (χ0) is 21.8. The lowest BCUT2D eigenvalue weighted by atomic mass is 9.88. The van der Waals surface area contributed by atoms with Gasteiger partial charge >= 0.3 is 5.69 Å². The summed E-state index contributed by atoms with van der Waals surface area (Å²) in [4.78, 5) is 20.9. The SMILES string of the molecule is O=[N+]([O-])c1ccc(NN=C2C=C(c3ccccc3)C(c3ccccc3)C2)c([N+](=O)[O-])c1. The van der Waals surface area contributed by atoms with E-state index in [0.29, 0.717) is 6.42 Å². The van der Waals surface area contributed by atoms with Crippen molar-refractivity contribution in [3.8, 4) is 0 Å². The van der Waals surface area contributed by atoms with Crippen molar-refractivity contribution in [1.29, 1.82) is 0 Å². The first-order valence-electron chi connectivity index (χ1n) is 9.60. The highest BCUT2D eigenvalue weighted by atomic mass is 16.6. The molecule has 3 aromatic carbocycles. The van der Waals surface area contributed by atoms with E-state index in [4.69, 9.17) is 0 Å². The molecule has 0 saturated heterocycles. The van der Waals surface area contributed by atoms with Gasteiger partial charge < -0.3 is 0 Å². The van der Waals surface area contributed by atoms with Gasteiger partial charge in [0.1, 0.15) is 5.69 Å². The summed E-state index contributed by atoms with van der Waals surface area (Å²) in [5.41, 5.74) is 6.17. The highest BCUT2D eigenvalue weighted by Crippen LogP contribution is 2.40. The predicted molar refractivity (Wildman–Crippen MR) is 119 cm³/mol. The number of non-ortho nitro benzene ring substituents is 1. The molecule has 0 radical (unpaired) electrons. The summed E-state index contributed by atoms with van der Waals surface area (Å²) in [5.74, 6) is 0.107. The molecule has 3 aromatic rings. The number of hydrogen-bond acceptors (Lipinski definition) is 6. The molecule has 0 fully saturated rings. The number of hydrogen-bond donors (Lipinski definition) is 1. The normalized spacial score (nSPS) is 16.7. The molecule has 0 aromatic heterocycles. The van der Waals surface area contributed by atoms with Crippen LogP contribution in [0, 0.1) is 20.2 Å². The molecule has 8 nitrogen and oxygen atoms in total. The van der Waals surface area contributed by atoms with E-state index in [-0.39, 0.29) is 17.3 Å². The lowest BCUT2D eigenvalue weighted by Gasteiger charge is -2.15. The Balaban J connectivity index is 1.66. The number of nitro benzene ring substituents is 2. The van der Waals surface area contributed by atoms with Gasteiger partial charge in [-0.2, -0.15) is 5.10 Å². The number of benzene rings is 3. The van der Waals surface area contributed by atoms with Crippen LogP contribution in [0.15, 0.2) is 90.0 Å². The standard InChI is InChI=1S/C23H18N4O4/c28-26(29)19-11-12-22(23(15-19)27(30)31)25-24-18-13-20(16-7-3-1-4-8-16)21(14-18)17-9-5-2-6-10-17/h1-13,15,21,25H,14H2. The van der Waals surface area contributed by atoms with E-state index < -0.39 is 15.5 Å². The first-order chi connectivity index (χ1) is 15.0. The van der Waals surface area contributed by atoms with Gasteiger partial charge in [0.25, 0.3) is 5.69 Å². The van der Waals surface area contributed by atoms with Gasteiger partial charge in [0.05, 0.1) is 21.6 Å². The maximum Gasteiger partial charge on any atom is 0.301 e. The molecule has 0 amide bonds. The van der Waals surface area contributed by atoms with E-state index in [0.717, 1.165) is 28.5 Å². The molecule has 0 spiro atoms. The fourth-order valence-corrected chi connectivity index (χ4v) is 3.65. The van der Waals surface area contributed by atoms with Crippen molar-refractivity contribution in [3.05, 3.63) is 116 Å². The maximum absolute atomic E-state index is 11.3. The fraction of sp³-hybridized carbons (Fsp3) is 0.0870. The Kier molecular flexibility index (Phi) is 5.53. The Morgan fingerprint density at radius 3 is 2.19 bits per heavy atom. The number of nitrogens with one attached hydrogen (secondary N) is 1. The minimum absolute atomic E-state index is 0.0981. The van der Waals surface area contributed by atoms with E-state index in [9.17, 15) is 20.2 Å². The second-order valence-electron chi connectivity index (χ2n) is 7.06. The minimum atomic E-state index is -0.668. The number of nitro groups is 2. The van der Waals surface area contributed by atoms with Crippen LogP contribution in [0.1, 0.15) is 23.5 Å². The van der Waals surface area contributed by atoms with Crippen LogP contribution in [-0.2, 0) is 0 Å². The van der Waals surface area contributed by atoms with Gasteiger partial charge in [0, 0.05) is 18.4 Å². The van der Waals surface area contributed by atoms with Crippen LogP contribution in [0.4, 0.5) is 17.1 Å². The van der Waals surface area contributed by atoms with E-state index in [1.807, 2.05) is 54.6 Å². The van der Waals surface area contributed by atoms with Crippen LogP contribution >= 0.6 is 0 Å². The summed E-state index contributed by atoms with van der Waals surface area (Å²) < 4.78 is 0. The summed E-state index contributed by atoms with van der Waals surface area (Å²) >= 11 is 0. The molecule has 0 saturated carbocycles. The van der Waals surface area contributed by atoms with E-state index in [2.05, 4.69) is 22.7 Å². The van der Waals surface area contributed by atoms with E-state index in [1.165, 1.54) is 12.1 Å². The Bertz CT molecular complexity index is 1190. The highest BCUT2D eigenvalue weighted by Gasteiger charge is 2.26. The molecule has 1 atom stereocenters. The maximum atomic E-state index is 11.3. The van der Waals surface area contributed by atoms with Crippen molar-refractivity contribution in [2.75, 3.05) is 5.43 Å². The number of rotatable bonds is 6. The zero-order valence-corrected chi connectivity index (χ0v) is 16.3. The molecule has 8 heteroatoms. The van der Waals surface area contributed by atoms with Crippen LogP contribution in [0.25, 0.3) is 5.57 Å². The van der Waals surface area contributed by atoms with E-state index in [1.54, 1.807) is 0 Å². The summed E-state index contributed by atoms with van der Waals surface area (Å²) in [7, 11) is 0. The molecular formula is C23H18N4O4. The summed E-state index contributed by atoms with van der Waals surface area (Å²) in [5, 5.41) is 26.7. The minimum Gasteiger partial charge on any atom is -0.271 e. The van der Waals surface area contributed by atoms with Gasteiger partial charge in [-0.1, -0.05) is 60.7 Å². The molecule has 1 aliphatic rings. The monoisotopic (exact) mass is 414 g/mol. The molecule has 154 valence electrons. The molecule has 1 unspecified atom stereocenters. The molecule has 0 aliphatic heterocycles. The molecule has 1 N–H and O–H groups in total. The van der Waals surface area contributed by atoms with Crippen molar-refractivity contribution < 1.29 is 9.85 Å². The van der Waals surface area contributed by atoms with Gasteiger partial charge in [-0.05, 0) is 28.8 Å².